The van der Waals surface area contributed by atoms with E-state index in [1.54, 1.807) is 11.3 Å². The van der Waals surface area contributed by atoms with E-state index in [-0.39, 0.29) is 5.91 Å². The van der Waals surface area contributed by atoms with E-state index < -0.39 is 0 Å². The Kier molecular flexibility index (Phi) is 8.25. The first kappa shape index (κ1) is 23.2. The van der Waals surface area contributed by atoms with Gasteiger partial charge in [0, 0.05) is 24.8 Å². The zero-order valence-corrected chi connectivity index (χ0v) is 20.0. The van der Waals surface area contributed by atoms with E-state index in [1.807, 2.05) is 36.4 Å². The molecule has 0 aliphatic carbocycles. The highest BCUT2D eigenvalue weighted by molar-refractivity contribution is 8.01. The minimum Gasteiger partial charge on any atom is -0.399 e. The Morgan fingerprint density at radius 2 is 2.07 bits per heavy atom. The van der Waals surface area contributed by atoms with Crippen LogP contribution in [0.15, 0.2) is 40.7 Å². The van der Waals surface area contributed by atoms with Crippen molar-refractivity contribution in [3.63, 3.8) is 0 Å². The topological polar surface area (TPSA) is 71.2 Å². The molecule has 1 heterocycles. The lowest BCUT2D eigenvalue weighted by molar-refractivity contribution is -0.118. The van der Waals surface area contributed by atoms with E-state index in [2.05, 4.69) is 29.2 Å². The first-order chi connectivity index (χ1) is 14.3. The molecule has 1 aromatic heterocycles. The average Bonchev–Trinajstić information content (AvgIpc) is 3.11. The molecule has 0 aliphatic rings. The number of thiazole rings is 1. The van der Waals surface area contributed by atoms with Gasteiger partial charge in [0.05, 0.1) is 26.0 Å². The number of aromatic nitrogens is 1. The normalized spacial score (nSPS) is 12.4. The molecule has 160 valence electrons. The number of anilines is 1. The molecule has 0 bridgehead atoms. The molecule has 0 spiro atoms. The Bertz CT molecular complexity index is 1030. The summed E-state index contributed by atoms with van der Waals surface area (Å²) in [7, 11) is 2.06. The van der Waals surface area contributed by atoms with Gasteiger partial charge in [0.15, 0.2) is 4.34 Å². The van der Waals surface area contributed by atoms with Crippen molar-refractivity contribution in [1.29, 1.82) is 0 Å². The highest BCUT2D eigenvalue weighted by Gasteiger charge is 2.12. The second kappa shape index (κ2) is 10.7. The quantitative estimate of drug-likeness (QED) is 0.319. The number of nitrogens with zero attached hydrogens (tertiary/aromatic N) is 2. The van der Waals surface area contributed by atoms with Gasteiger partial charge in [-0.2, -0.15) is 0 Å². The number of benzene rings is 2. The summed E-state index contributed by atoms with van der Waals surface area (Å²) < 4.78 is 1.91. The SMILES string of the molecule is CC(CCNC(=O)CSc1nc2ccc(N)cc2s1)N(C)Cc1ccc(Cl)c(Cl)c1. The van der Waals surface area contributed by atoms with Crippen LogP contribution < -0.4 is 11.1 Å². The van der Waals surface area contributed by atoms with Gasteiger partial charge in [0.1, 0.15) is 0 Å². The molecule has 0 saturated heterocycles. The van der Waals surface area contributed by atoms with Crippen LogP contribution in [0.1, 0.15) is 18.9 Å². The number of thioether (sulfide) groups is 1. The highest BCUT2D eigenvalue weighted by atomic mass is 35.5. The van der Waals surface area contributed by atoms with E-state index in [9.17, 15) is 4.79 Å². The molecular weight excluding hydrogens is 459 g/mol. The third kappa shape index (κ3) is 6.49. The fraction of sp³-hybridized carbons (Fsp3) is 0.333. The van der Waals surface area contributed by atoms with Crippen LogP contribution in [0.5, 0.6) is 0 Å². The number of nitrogen functional groups attached to an aromatic ring is 1. The predicted molar refractivity (Wildman–Crippen MR) is 130 cm³/mol. The Morgan fingerprint density at radius 3 is 2.83 bits per heavy atom. The number of hydrogen-bond donors (Lipinski definition) is 2. The molecule has 3 rings (SSSR count). The van der Waals surface area contributed by atoms with Crippen LogP contribution in [-0.2, 0) is 11.3 Å². The molecule has 1 unspecified atom stereocenters. The van der Waals surface area contributed by atoms with Crippen molar-refractivity contribution in [3.05, 3.63) is 52.0 Å². The molecule has 9 heteroatoms. The van der Waals surface area contributed by atoms with Gasteiger partial charge < -0.3 is 11.1 Å². The standard InChI is InChI=1S/C21H24Cl2N4OS2/c1-13(27(2)11-14-3-5-16(22)17(23)9-14)7-8-25-20(28)12-29-21-26-18-6-4-15(24)10-19(18)30-21/h3-6,9-10,13H,7-8,11-12,24H2,1-2H3,(H,25,28). The van der Waals surface area contributed by atoms with Crippen LogP contribution in [-0.4, -0.2) is 41.2 Å². The summed E-state index contributed by atoms with van der Waals surface area (Å²) in [5.41, 5.74) is 8.55. The van der Waals surface area contributed by atoms with Crippen LogP contribution in [0.4, 0.5) is 5.69 Å². The van der Waals surface area contributed by atoms with Crippen molar-refractivity contribution in [2.24, 2.45) is 0 Å². The second-order valence-electron chi connectivity index (χ2n) is 7.15. The number of amides is 1. The maximum absolute atomic E-state index is 12.2. The molecule has 0 aliphatic heterocycles. The van der Waals surface area contributed by atoms with E-state index in [0.717, 1.165) is 38.8 Å². The lowest BCUT2D eigenvalue weighted by atomic mass is 10.1. The third-order valence-corrected chi connectivity index (χ3v) is 7.67. The number of fused-ring (bicyclic) bond motifs is 1. The zero-order valence-electron chi connectivity index (χ0n) is 16.8. The molecule has 1 amide bonds. The molecule has 30 heavy (non-hydrogen) atoms. The molecule has 5 nitrogen and oxygen atoms in total. The Hall–Kier alpha value is -1.51. The summed E-state index contributed by atoms with van der Waals surface area (Å²) >= 11 is 15.1. The maximum Gasteiger partial charge on any atom is 0.230 e. The average molecular weight is 483 g/mol. The van der Waals surface area contributed by atoms with Gasteiger partial charge in [-0.05, 0) is 56.3 Å². The van der Waals surface area contributed by atoms with Crippen molar-refractivity contribution < 1.29 is 4.79 Å². The minimum atomic E-state index is 0.0121. The van der Waals surface area contributed by atoms with Crippen LogP contribution in [0, 0.1) is 0 Å². The summed E-state index contributed by atoms with van der Waals surface area (Å²) in [6.07, 6.45) is 0.856. The van der Waals surface area contributed by atoms with Crippen molar-refractivity contribution in [2.45, 2.75) is 30.3 Å². The maximum atomic E-state index is 12.2. The lowest BCUT2D eigenvalue weighted by Gasteiger charge is -2.25. The van der Waals surface area contributed by atoms with E-state index in [4.69, 9.17) is 28.9 Å². The zero-order chi connectivity index (χ0) is 21.7. The monoisotopic (exact) mass is 482 g/mol. The van der Waals surface area contributed by atoms with Gasteiger partial charge in [-0.15, -0.1) is 11.3 Å². The summed E-state index contributed by atoms with van der Waals surface area (Å²) in [6, 6.07) is 11.6. The molecule has 2 aromatic carbocycles. The van der Waals surface area contributed by atoms with Gasteiger partial charge in [0.2, 0.25) is 5.91 Å². The smallest absolute Gasteiger partial charge is 0.230 e. The molecule has 0 fully saturated rings. The molecule has 3 aromatic rings. The Labute approximate surface area is 194 Å². The number of nitrogens with two attached hydrogens (primary N) is 1. The van der Waals surface area contributed by atoms with Gasteiger partial charge in [-0.1, -0.05) is 41.0 Å². The molecule has 1 atom stereocenters. The van der Waals surface area contributed by atoms with Gasteiger partial charge >= 0.3 is 0 Å². The predicted octanol–water partition coefficient (Wildman–Crippen LogP) is 5.30. The van der Waals surface area contributed by atoms with Crippen molar-refractivity contribution in [3.8, 4) is 0 Å². The molecule has 3 N–H and O–H groups in total. The van der Waals surface area contributed by atoms with Crippen LogP contribution in [0.2, 0.25) is 10.0 Å². The lowest BCUT2D eigenvalue weighted by Crippen LogP contribution is -2.34. The van der Waals surface area contributed by atoms with Gasteiger partial charge in [-0.25, -0.2) is 4.98 Å². The van der Waals surface area contributed by atoms with Crippen LogP contribution >= 0.6 is 46.3 Å². The number of rotatable bonds is 9. The Morgan fingerprint density at radius 1 is 1.27 bits per heavy atom. The first-order valence-electron chi connectivity index (χ1n) is 9.51. The van der Waals surface area contributed by atoms with Crippen molar-refractivity contribution in [2.75, 3.05) is 25.1 Å². The number of halogens is 2. The van der Waals surface area contributed by atoms with Crippen LogP contribution in [0.3, 0.4) is 0 Å². The number of carbonyl (C=O) groups is 1. The highest BCUT2D eigenvalue weighted by Crippen LogP contribution is 2.30. The van der Waals surface area contributed by atoms with Crippen LogP contribution in [0.25, 0.3) is 10.2 Å². The summed E-state index contributed by atoms with van der Waals surface area (Å²) in [4.78, 5) is 18.9. The number of nitrogens with one attached hydrogen (secondary N) is 1. The third-order valence-electron chi connectivity index (χ3n) is 4.77. The minimum absolute atomic E-state index is 0.0121. The second-order valence-corrected chi connectivity index (χ2v) is 10.2. The fourth-order valence-corrected chi connectivity index (χ4v) is 5.15. The summed E-state index contributed by atoms with van der Waals surface area (Å²) in [6.45, 7) is 3.54. The Balaban J connectivity index is 1.39. The summed E-state index contributed by atoms with van der Waals surface area (Å²) in [5.74, 6) is 0.362. The van der Waals surface area contributed by atoms with Crippen molar-refractivity contribution >= 4 is 68.1 Å². The first-order valence-corrected chi connectivity index (χ1v) is 12.1. The molecule has 0 radical (unpaired) electrons. The van der Waals surface area contributed by atoms with E-state index >= 15 is 0 Å². The molecule has 0 saturated carbocycles. The largest absolute Gasteiger partial charge is 0.399 e. The number of carbonyl (C=O) groups excluding carboxylic acids is 1. The molecular formula is C21H24Cl2N4OS2. The van der Waals surface area contributed by atoms with Gasteiger partial charge in [-0.3, -0.25) is 9.69 Å². The van der Waals surface area contributed by atoms with E-state index in [1.165, 1.54) is 11.8 Å². The summed E-state index contributed by atoms with van der Waals surface area (Å²) in [5, 5.41) is 4.12. The van der Waals surface area contributed by atoms with Crippen molar-refractivity contribution in [1.82, 2.24) is 15.2 Å². The van der Waals surface area contributed by atoms with E-state index in [0.29, 0.717) is 28.4 Å². The van der Waals surface area contributed by atoms with Gasteiger partial charge in [0.25, 0.3) is 0 Å². The number of hydrogen-bond acceptors (Lipinski definition) is 6. The fourth-order valence-electron chi connectivity index (χ4n) is 2.88.